The molecule has 0 aromatic heterocycles. The zero-order valence-corrected chi connectivity index (χ0v) is 57.1. The van der Waals surface area contributed by atoms with Gasteiger partial charge in [0.15, 0.2) is 0 Å². The Morgan fingerprint density at radius 3 is 1.06 bits per heavy atom. The van der Waals surface area contributed by atoms with Crippen molar-refractivity contribution in [2.75, 3.05) is 0 Å². The van der Waals surface area contributed by atoms with E-state index < -0.39 is 0 Å². The van der Waals surface area contributed by atoms with Crippen LogP contribution in [0.15, 0.2) is 170 Å². The molecule has 0 amide bonds. The summed E-state index contributed by atoms with van der Waals surface area (Å²) in [6.07, 6.45) is 18.9. The van der Waals surface area contributed by atoms with Crippen molar-refractivity contribution in [3.63, 3.8) is 0 Å². The lowest BCUT2D eigenvalue weighted by Gasteiger charge is -2.48. The minimum absolute atomic E-state index is 0.134. The molecule has 1 aliphatic rings. The highest BCUT2D eigenvalue weighted by Gasteiger charge is 2.45. The Morgan fingerprint density at radius 2 is 0.614 bits per heavy atom. The Kier molecular flexibility index (Phi) is 21.4. The first-order valence-electron chi connectivity index (χ1n) is 33.8. The maximum Gasteiger partial charge on any atom is -0.000558 e. The number of rotatable bonds is 15. The van der Waals surface area contributed by atoms with E-state index in [4.69, 9.17) is 0 Å². The summed E-state index contributed by atoms with van der Waals surface area (Å²) < 4.78 is 0. The van der Waals surface area contributed by atoms with Gasteiger partial charge >= 0.3 is 0 Å². The van der Waals surface area contributed by atoms with Crippen molar-refractivity contribution in [3.05, 3.63) is 248 Å². The Morgan fingerprint density at radius 1 is 0.261 bits per heavy atom. The van der Waals surface area contributed by atoms with Crippen LogP contribution >= 0.6 is 0 Å². The zero-order valence-electron chi connectivity index (χ0n) is 57.1. The SMILES string of the molecule is CCCCCCCCc1c(CCCCCCCC)c2cc(C)ccc2c2ccc(C)cc12.Cc1cc(C)c2cc(C)cc(C)c2c1.Cc1ccc2c(c1)C(C)(C)C(C)(C)c1cc(C)ccc1-2.Cc1ccc2c(c1)cc(-c1ccccc1)c1cc(C)ccc12. The van der Waals surface area contributed by atoms with Crippen LogP contribution in [0.3, 0.4) is 0 Å². The number of unbranched alkanes of at least 4 members (excludes halogenated alkanes) is 10. The van der Waals surface area contributed by atoms with Gasteiger partial charge < -0.3 is 0 Å². The van der Waals surface area contributed by atoms with Gasteiger partial charge in [0.1, 0.15) is 0 Å². The van der Waals surface area contributed by atoms with Crippen molar-refractivity contribution in [2.45, 2.75) is 212 Å². The van der Waals surface area contributed by atoms with E-state index >= 15 is 0 Å². The molecule has 456 valence electrons. The molecular formula is C88H104. The molecule has 0 heteroatoms. The Labute approximate surface area is 532 Å². The van der Waals surface area contributed by atoms with Gasteiger partial charge in [-0.1, -0.05) is 314 Å². The summed E-state index contributed by atoms with van der Waals surface area (Å²) in [4.78, 5) is 0. The molecule has 88 heavy (non-hydrogen) atoms. The zero-order chi connectivity index (χ0) is 62.9. The third-order valence-corrected chi connectivity index (χ3v) is 19.9. The summed E-state index contributed by atoms with van der Waals surface area (Å²) in [6.45, 7) is 36.0. The van der Waals surface area contributed by atoms with E-state index in [1.54, 1.807) is 11.1 Å². The standard InChI is InChI=1S/C32H46.C22H18.C20H24.C14H16/c1-5-7-9-11-13-15-17-27-28(18-16-14-12-10-8-6-2)32-24-26(4)20-22-30(32)29-21-19-25(3)23-31(27)29;1-15-8-10-19-18(12-15)14-21(17-6-4-3-5-7-17)22-13-16(2)9-11-20(19)22;1-13-7-9-15-16-10-8-14(2)12-18(16)20(5,6)19(3,4)17(15)11-13;1-9-5-11(3)14-8-10(2)6-12(4)13(14)7-9/h19-24H,5-18H2,1-4H3;3-14H,1-2H3;7-12H,1-6H3;5-8H,1-4H3. The van der Waals surface area contributed by atoms with E-state index in [1.165, 1.54) is 233 Å². The molecule has 0 heterocycles. The first kappa shape index (κ1) is 65.2. The highest BCUT2D eigenvalue weighted by molar-refractivity contribution is 6.14. The van der Waals surface area contributed by atoms with Gasteiger partial charge in [-0.25, -0.2) is 0 Å². The number of benzene rings is 11. The van der Waals surface area contributed by atoms with Gasteiger partial charge in [0.25, 0.3) is 0 Å². The first-order chi connectivity index (χ1) is 42.2. The normalized spacial score (nSPS) is 12.9. The third kappa shape index (κ3) is 14.7. The highest BCUT2D eigenvalue weighted by atomic mass is 14.5. The average Bonchev–Trinajstić information content (AvgIpc) is 0.807. The molecule has 0 radical (unpaired) electrons. The second-order valence-electron chi connectivity index (χ2n) is 27.8. The average molecular weight is 1160 g/mol. The molecule has 0 unspecified atom stereocenters. The van der Waals surface area contributed by atoms with Crippen molar-refractivity contribution in [1.82, 2.24) is 0 Å². The molecule has 0 saturated heterocycles. The van der Waals surface area contributed by atoms with E-state index in [1.807, 2.05) is 0 Å². The molecule has 0 N–H and O–H groups in total. The van der Waals surface area contributed by atoms with Crippen molar-refractivity contribution in [1.29, 1.82) is 0 Å². The minimum atomic E-state index is 0.134. The molecule has 12 rings (SSSR count). The smallest absolute Gasteiger partial charge is 0.000558 e. The predicted molar refractivity (Wildman–Crippen MR) is 392 cm³/mol. The van der Waals surface area contributed by atoms with E-state index in [-0.39, 0.29) is 10.8 Å². The van der Waals surface area contributed by atoms with E-state index in [0.717, 1.165) is 0 Å². The topological polar surface area (TPSA) is 0 Å². The summed E-state index contributed by atoms with van der Waals surface area (Å²) in [7, 11) is 0. The lowest BCUT2D eigenvalue weighted by Crippen LogP contribution is -2.43. The van der Waals surface area contributed by atoms with E-state index in [2.05, 4.69) is 281 Å². The van der Waals surface area contributed by atoms with Gasteiger partial charge in [-0.15, -0.1) is 0 Å². The quantitative estimate of drug-likeness (QED) is 0.0709. The molecule has 0 aliphatic heterocycles. The van der Waals surface area contributed by atoms with Crippen LogP contribution in [0.5, 0.6) is 0 Å². The first-order valence-corrected chi connectivity index (χ1v) is 33.8. The maximum absolute atomic E-state index is 2.46. The van der Waals surface area contributed by atoms with Crippen LogP contribution in [-0.2, 0) is 23.7 Å². The van der Waals surface area contributed by atoms with Crippen LogP contribution in [0.25, 0.3) is 76.1 Å². The molecule has 0 fully saturated rings. The summed E-state index contributed by atoms with van der Waals surface area (Å²) >= 11 is 0. The van der Waals surface area contributed by atoms with Crippen LogP contribution in [0.4, 0.5) is 0 Å². The Hall–Kier alpha value is -7.28. The number of hydrogen-bond acceptors (Lipinski definition) is 0. The fourth-order valence-electron chi connectivity index (χ4n) is 14.3. The van der Waals surface area contributed by atoms with E-state index in [9.17, 15) is 0 Å². The fourth-order valence-corrected chi connectivity index (χ4v) is 14.3. The van der Waals surface area contributed by atoms with Crippen molar-refractivity contribution >= 4 is 53.9 Å². The lowest BCUT2D eigenvalue weighted by molar-refractivity contribution is 0.299. The van der Waals surface area contributed by atoms with E-state index in [0.29, 0.717) is 0 Å². The van der Waals surface area contributed by atoms with Gasteiger partial charge in [0.2, 0.25) is 0 Å². The Bertz CT molecular complexity index is 4020. The van der Waals surface area contributed by atoms with Gasteiger partial charge in [-0.2, -0.15) is 0 Å². The number of hydrogen-bond donors (Lipinski definition) is 0. The molecule has 0 spiro atoms. The summed E-state index contributed by atoms with van der Waals surface area (Å²) in [5, 5.41) is 14.1. The summed E-state index contributed by atoms with van der Waals surface area (Å²) in [6, 6.07) is 63.6. The monoisotopic (exact) mass is 1160 g/mol. The lowest BCUT2D eigenvalue weighted by atomic mass is 9.55. The highest BCUT2D eigenvalue weighted by Crippen LogP contribution is 2.54. The minimum Gasteiger partial charge on any atom is -0.0654 e. The van der Waals surface area contributed by atoms with Gasteiger partial charge in [-0.3, -0.25) is 0 Å². The van der Waals surface area contributed by atoms with Crippen molar-refractivity contribution in [2.24, 2.45) is 0 Å². The van der Waals surface area contributed by atoms with Crippen LogP contribution in [0.2, 0.25) is 0 Å². The molecular weight excluding hydrogens is 1060 g/mol. The van der Waals surface area contributed by atoms with Crippen LogP contribution < -0.4 is 0 Å². The van der Waals surface area contributed by atoms with Gasteiger partial charge in [0.05, 0.1) is 0 Å². The maximum atomic E-state index is 2.46. The molecule has 11 aromatic rings. The van der Waals surface area contributed by atoms with Crippen LogP contribution in [-0.4, -0.2) is 0 Å². The second kappa shape index (κ2) is 28.9. The van der Waals surface area contributed by atoms with Crippen LogP contribution in [0, 0.1) is 69.2 Å². The van der Waals surface area contributed by atoms with Crippen molar-refractivity contribution in [3.8, 4) is 22.3 Å². The second-order valence-corrected chi connectivity index (χ2v) is 27.8. The largest absolute Gasteiger partial charge is 0.0654 e. The molecule has 0 saturated carbocycles. The van der Waals surface area contributed by atoms with Crippen LogP contribution in [0.1, 0.15) is 196 Å². The molecule has 0 bridgehead atoms. The fraction of sp³-hybridized carbons (Fsp3) is 0.364. The van der Waals surface area contributed by atoms with Gasteiger partial charge in [0, 0.05) is 0 Å². The molecule has 1 aliphatic carbocycles. The predicted octanol–water partition coefficient (Wildman–Crippen LogP) is 26.3. The molecule has 0 nitrogen and oxygen atoms in total. The number of fused-ring (bicyclic) bond motifs is 10. The third-order valence-electron chi connectivity index (χ3n) is 19.9. The number of aryl methyl sites for hydroxylation is 12. The summed E-state index contributed by atoms with van der Waals surface area (Å²) in [5.74, 6) is 0. The van der Waals surface area contributed by atoms with Gasteiger partial charge in [-0.05, 0) is 221 Å². The summed E-state index contributed by atoms with van der Waals surface area (Å²) in [5.41, 5.74) is 25.5. The Balaban J connectivity index is 0.000000145. The molecule has 0 atom stereocenters. The van der Waals surface area contributed by atoms with Crippen molar-refractivity contribution < 1.29 is 0 Å². The molecule has 11 aromatic carbocycles.